The molecule has 0 bridgehead atoms. The van der Waals surface area contributed by atoms with Crippen LogP contribution in [0.5, 0.6) is 0 Å². The van der Waals surface area contributed by atoms with Crippen LogP contribution in [0.4, 0.5) is 4.39 Å². The molecule has 1 saturated heterocycles. The molecule has 0 aliphatic carbocycles. The van der Waals surface area contributed by atoms with Crippen molar-refractivity contribution in [3.63, 3.8) is 0 Å². The summed E-state index contributed by atoms with van der Waals surface area (Å²) in [6, 6.07) is 16.2. The number of hydrogen-bond donors (Lipinski definition) is 0. The van der Waals surface area contributed by atoms with Crippen molar-refractivity contribution in [1.29, 1.82) is 0 Å². The summed E-state index contributed by atoms with van der Waals surface area (Å²) in [6.45, 7) is 2.11. The molecule has 0 spiro atoms. The Kier molecular flexibility index (Phi) is 6.21. The van der Waals surface area contributed by atoms with Crippen LogP contribution in [-0.2, 0) is 20.7 Å². The van der Waals surface area contributed by atoms with E-state index in [0.29, 0.717) is 35.3 Å². The first-order valence-corrected chi connectivity index (χ1v) is 12.8. The molecule has 38 heavy (non-hydrogen) atoms. The second kappa shape index (κ2) is 9.70. The first kappa shape index (κ1) is 24.3. The molecule has 2 aromatic carbocycles. The van der Waals surface area contributed by atoms with Crippen molar-refractivity contribution in [2.45, 2.75) is 25.7 Å². The minimum atomic E-state index is -0.707. The summed E-state index contributed by atoms with van der Waals surface area (Å²) in [4.78, 5) is 34.7. The Hall–Kier alpha value is -4.02. The van der Waals surface area contributed by atoms with Gasteiger partial charge in [0.15, 0.2) is 6.23 Å². The number of amides is 2. The number of halogens is 2. The minimum Gasteiger partial charge on any atom is -0.341 e. The molecule has 0 radical (unpaired) electrons. The second-order valence-electron chi connectivity index (χ2n) is 9.12. The van der Waals surface area contributed by atoms with E-state index in [0.717, 1.165) is 27.1 Å². The Labute approximate surface area is 225 Å². The fourth-order valence-corrected chi connectivity index (χ4v) is 4.93. The highest BCUT2D eigenvalue weighted by Gasteiger charge is 2.41. The lowest BCUT2D eigenvalue weighted by molar-refractivity contribution is -0.130. The molecule has 2 atom stereocenters. The first-order valence-electron chi connectivity index (χ1n) is 12.0. The number of hydrogen-bond acceptors (Lipinski definition) is 5. The lowest BCUT2D eigenvalue weighted by atomic mass is 10.1. The van der Waals surface area contributed by atoms with Gasteiger partial charge in [-0.3, -0.25) is 14.6 Å². The summed E-state index contributed by atoms with van der Waals surface area (Å²) in [5.41, 5.74) is 3.40. The van der Waals surface area contributed by atoms with Crippen LogP contribution in [0.1, 0.15) is 24.3 Å². The highest BCUT2D eigenvalue weighted by molar-refractivity contribution is 9.10. The van der Waals surface area contributed by atoms with E-state index in [1.165, 1.54) is 12.1 Å². The van der Waals surface area contributed by atoms with E-state index in [1.807, 2.05) is 48.7 Å². The van der Waals surface area contributed by atoms with Gasteiger partial charge in [-0.25, -0.2) is 14.1 Å². The number of ether oxygens (including phenoxy) is 1. The van der Waals surface area contributed by atoms with Crippen molar-refractivity contribution in [3.05, 3.63) is 99.0 Å². The van der Waals surface area contributed by atoms with Gasteiger partial charge in [0, 0.05) is 34.1 Å². The second-order valence-corrected chi connectivity index (χ2v) is 10.0. The van der Waals surface area contributed by atoms with Gasteiger partial charge < -0.3 is 9.64 Å². The van der Waals surface area contributed by atoms with Crippen LogP contribution >= 0.6 is 15.9 Å². The van der Waals surface area contributed by atoms with Gasteiger partial charge >= 0.3 is 0 Å². The number of carbonyl (C=O) groups is 2. The first-order chi connectivity index (χ1) is 18.4. The number of carbonyl (C=O) groups excluding carboxylic acids is 2. The van der Waals surface area contributed by atoms with Crippen molar-refractivity contribution in [3.8, 4) is 17.1 Å². The maximum Gasteiger partial charge on any atom is 0.270 e. The standard InChI is InChI=1S/C28H21BrFN5O3/c1-16-27(37)34(11-10-17-2-8-23-18(12-17)13-25(36)32-23)28(38-16)22-15-35(21-6-3-19(29)4-7-21)33-26(22)24-9-5-20(30)14-31-24/h2-9,12-16,28H,10-11H2,1H3/t16-,28+/m0/s1. The van der Waals surface area contributed by atoms with Crippen molar-refractivity contribution in [2.75, 3.05) is 6.54 Å². The molecule has 4 aromatic rings. The van der Waals surface area contributed by atoms with E-state index in [2.05, 4.69) is 25.9 Å². The molecular formula is C28H21BrFN5O3. The normalized spacial score (nSPS) is 18.4. The van der Waals surface area contributed by atoms with Gasteiger partial charge in [0.1, 0.15) is 17.6 Å². The summed E-state index contributed by atoms with van der Waals surface area (Å²) >= 11 is 3.45. The third kappa shape index (κ3) is 4.57. The van der Waals surface area contributed by atoms with Gasteiger partial charge in [-0.1, -0.05) is 22.0 Å². The van der Waals surface area contributed by atoms with E-state index in [-0.39, 0.29) is 11.8 Å². The Bertz CT molecular complexity index is 1690. The van der Waals surface area contributed by atoms with E-state index in [4.69, 9.17) is 9.84 Å². The van der Waals surface area contributed by atoms with Crippen LogP contribution in [0.25, 0.3) is 23.2 Å². The molecule has 8 nitrogen and oxygen atoms in total. The average molecular weight is 574 g/mol. The quantitative estimate of drug-likeness (QED) is 0.353. The summed E-state index contributed by atoms with van der Waals surface area (Å²) in [5.74, 6) is -0.854. The molecule has 0 saturated carbocycles. The number of nitrogens with zero attached hydrogens (tertiary/aromatic N) is 5. The van der Waals surface area contributed by atoms with E-state index >= 15 is 0 Å². The molecule has 2 aromatic heterocycles. The molecular weight excluding hydrogens is 553 g/mol. The van der Waals surface area contributed by atoms with E-state index < -0.39 is 18.1 Å². The highest BCUT2D eigenvalue weighted by Crippen LogP contribution is 2.37. The van der Waals surface area contributed by atoms with Gasteiger partial charge in [0.25, 0.3) is 11.8 Å². The maximum atomic E-state index is 13.6. The predicted molar refractivity (Wildman–Crippen MR) is 140 cm³/mol. The van der Waals surface area contributed by atoms with E-state index in [9.17, 15) is 14.0 Å². The average Bonchev–Trinajstić information content (AvgIpc) is 3.58. The Morgan fingerprint density at radius 1 is 1.08 bits per heavy atom. The summed E-state index contributed by atoms with van der Waals surface area (Å²) in [5, 5.41) is 6.19. The zero-order chi connectivity index (χ0) is 26.4. The Morgan fingerprint density at radius 3 is 2.66 bits per heavy atom. The SMILES string of the molecule is C[C@@H]1O[C@H](c2cn(-c3ccc(Br)cc3)nc2-c2ccc(F)cn2)N(CCc2ccc3c(c2)=CC(=O)N=3)C1=O. The van der Waals surface area contributed by atoms with Crippen molar-refractivity contribution in [1.82, 2.24) is 19.7 Å². The van der Waals surface area contributed by atoms with Crippen LogP contribution in [0.15, 0.2) is 76.5 Å². The fourth-order valence-electron chi connectivity index (χ4n) is 4.66. The van der Waals surface area contributed by atoms with Crippen LogP contribution in [-0.4, -0.2) is 44.1 Å². The number of rotatable bonds is 6. The number of aromatic nitrogens is 3. The number of fused-ring (bicyclic) bond motifs is 1. The molecule has 2 aliphatic rings. The minimum absolute atomic E-state index is 0.137. The molecule has 4 heterocycles. The Morgan fingerprint density at radius 2 is 1.89 bits per heavy atom. The number of benzene rings is 2. The molecule has 6 rings (SSSR count). The van der Waals surface area contributed by atoms with Crippen LogP contribution in [0.2, 0.25) is 0 Å². The third-order valence-corrected chi connectivity index (χ3v) is 7.09. The summed E-state index contributed by atoms with van der Waals surface area (Å²) < 4.78 is 22.4. The fraction of sp³-hybridized carbons (Fsp3) is 0.179. The molecule has 10 heteroatoms. The van der Waals surface area contributed by atoms with Gasteiger partial charge in [-0.2, -0.15) is 5.10 Å². The third-order valence-electron chi connectivity index (χ3n) is 6.56. The summed E-state index contributed by atoms with van der Waals surface area (Å²) in [7, 11) is 0. The van der Waals surface area contributed by atoms with Gasteiger partial charge in [-0.05, 0) is 67.4 Å². The van der Waals surface area contributed by atoms with Crippen molar-refractivity contribution < 1.29 is 18.7 Å². The predicted octanol–water partition coefficient (Wildman–Crippen LogP) is 3.26. The molecule has 2 aliphatic heterocycles. The molecule has 190 valence electrons. The molecule has 0 unspecified atom stereocenters. The molecule has 2 amide bonds. The number of pyridine rings is 1. The topological polar surface area (TPSA) is 89.7 Å². The molecule has 1 fully saturated rings. The molecule has 0 N–H and O–H groups in total. The van der Waals surface area contributed by atoms with Crippen LogP contribution in [0, 0.1) is 5.82 Å². The largest absolute Gasteiger partial charge is 0.341 e. The maximum absolute atomic E-state index is 13.6. The lowest BCUT2D eigenvalue weighted by Gasteiger charge is -2.23. The van der Waals surface area contributed by atoms with Crippen molar-refractivity contribution >= 4 is 33.8 Å². The summed E-state index contributed by atoms with van der Waals surface area (Å²) in [6.07, 6.45) is 3.67. The Balaban J connectivity index is 1.36. The van der Waals surface area contributed by atoms with Gasteiger partial charge in [0.05, 0.1) is 22.9 Å². The smallest absolute Gasteiger partial charge is 0.270 e. The zero-order valence-corrected chi connectivity index (χ0v) is 21.8. The van der Waals surface area contributed by atoms with E-state index in [1.54, 1.807) is 22.6 Å². The van der Waals surface area contributed by atoms with Gasteiger partial charge in [-0.15, -0.1) is 0 Å². The van der Waals surface area contributed by atoms with Crippen LogP contribution in [0.3, 0.4) is 0 Å². The zero-order valence-electron chi connectivity index (χ0n) is 20.2. The lowest BCUT2D eigenvalue weighted by Crippen LogP contribution is -2.32. The van der Waals surface area contributed by atoms with Crippen molar-refractivity contribution in [2.24, 2.45) is 4.99 Å². The highest BCUT2D eigenvalue weighted by atomic mass is 79.9. The monoisotopic (exact) mass is 573 g/mol. The van der Waals surface area contributed by atoms with Gasteiger partial charge in [0.2, 0.25) is 0 Å². The van der Waals surface area contributed by atoms with Crippen LogP contribution < -0.4 is 10.6 Å².